The maximum absolute atomic E-state index is 2.81. The first-order valence-electron chi connectivity index (χ1n) is 42.8. The molecule has 8 atom stereocenters. The lowest BCUT2D eigenvalue weighted by Gasteiger charge is -2.52. The molecule has 0 spiro atoms. The van der Waals surface area contributed by atoms with Gasteiger partial charge in [-0.2, -0.15) is 0 Å². The number of fused-ring (bicyclic) bond motifs is 4. The molecule has 0 aromatic heterocycles. The van der Waals surface area contributed by atoms with Crippen molar-refractivity contribution in [3.63, 3.8) is 0 Å². The molecule has 9 aliphatic rings. The summed E-state index contributed by atoms with van der Waals surface area (Å²) in [6.45, 7) is 116. The molecule has 0 aromatic rings. The van der Waals surface area contributed by atoms with Crippen LogP contribution in [-0.2, 0) is 0 Å². The maximum Gasteiger partial charge on any atom is 0.0149 e. The summed E-state index contributed by atoms with van der Waals surface area (Å²) >= 11 is 0. The molecule has 4 bridgehead atoms. The summed E-state index contributed by atoms with van der Waals surface area (Å²) in [6.07, 6.45) is 19.7. The van der Waals surface area contributed by atoms with Crippen LogP contribution in [0.4, 0.5) is 0 Å². The average Bonchev–Trinajstić information content (AvgIpc) is 1.59. The van der Waals surface area contributed by atoms with E-state index in [2.05, 4.69) is 325 Å². The van der Waals surface area contributed by atoms with Crippen molar-refractivity contribution in [3.8, 4) is 0 Å². The summed E-state index contributed by atoms with van der Waals surface area (Å²) in [5, 5.41) is 0. The Kier molecular flexibility index (Phi) is 34.5. The third-order valence-corrected chi connectivity index (χ3v) is 26.3. The van der Waals surface area contributed by atoms with E-state index in [4.69, 9.17) is 0 Å². The van der Waals surface area contributed by atoms with E-state index in [-0.39, 0.29) is 0 Å². The van der Waals surface area contributed by atoms with Crippen LogP contribution in [-0.4, -0.2) is 163 Å². The van der Waals surface area contributed by atoms with E-state index < -0.39 is 0 Å². The summed E-state index contributed by atoms with van der Waals surface area (Å²) in [7, 11) is 0. The highest BCUT2D eigenvalue weighted by atomic mass is 15.3. The van der Waals surface area contributed by atoms with Gasteiger partial charge in [-0.25, -0.2) is 0 Å². The molecule has 1 saturated carbocycles. The second kappa shape index (κ2) is 36.0. The molecule has 1 aliphatic carbocycles. The molecule has 100 heavy (non-hydrogen) atoms. The van der Waals surface area contributed by atoms with Crippen molar-refractivity contribution in [3.05, 3.63) is 0 Å². The molecule has 0 radical (unpaired) electrons. The first-order chi connectivity index (χ1) is 44.5. The number of nitrogens with zero attached hydrogens (tertiary/aromatic N) is 7. The number of likely N-dealkylation sites (tertiary alicyclic amines) is 6. The molecule has 0 aromatic carbocycles. The molecule has 8 heterocycles. The van der Waals surface area contributed by atoms with E-state index in [0.29, 0.717) is 76.7 Å². The molecule has 8 unspecified atom stereocenters. The second-order valence-electron chi connectivity index (χ2n) is 48.6. The Bertz CT molecular complexity index is 2130. The molecular weight excluding hydrogens is 1220 g/mol. The van der Waals surface area contributed by atoms with Crippen molar-refractivity contribution < 1.29 is 0 Å². The van der Waals surface area contributed by atoms with Crippen LogP contribution in [0.3, 0.4) is 0 Å². The molecule has 9 rings (SSSR count). The fourth-order valence-electron chi connectivity index (χ4n) is 19.0. The highest BCUT2D eigenvalue weighted by Crippen LogP contribution is 2.52. The lowest BCUT2D eigenvalue weighted by Crippen LogP contribution is -2.59. The molecule has 0 N–H and O–H groups in total. The van der Waals surface area contributed by atoms with E-state index >= 15 is 0 Å². The van der Waals surface area contributed by atoms with Crippen molar-refractivity contribution in [2.45, 2.75) is 457 Å². The smallest absolute Gasteiger partial charge is 0.0149 e. The van der Waals surface area contributed by atoms with Gasteiger partial charge in [0.15, 0.2) is 0 Å². The third kappa shape index (κ3) is 30.6. The van der Waals surface area contributed by atoms with Gasteiger partial charge in [0.25, 0.3) is 0 Å². The van der Waals surface area contributed by atoms with Crippen molar-refractivity contribution in [2.24, 2.45) is 79.3 Å². The van der Waals surface area contributed by atoms with Crippen LogP contribution in [0.5, 0.6) is 0 Å². The molecule has 0 amide bonds. The molecule has 598 valence electrons. The van der Waals surface area contributed by atoms with Gasteiger partial charge in [-0.15, -0.1) is 0 Å². The minimum Gasteiger partial charge on any atom is -0.298 e. The van der Waals surface area contributed by atoms with Crippen LogP contribution < -0.4 is 0 Å². The predicted octanol–water partition coefficient (Wildman–Crippen LogP) is 25.3. The van der Waals surface area contributed by atoms with Crippen molar-refractivity contribution in [2.75, 3.05) is 65.4 Å². The first-order valence-corrected chi connectivity index (χ1v) is 42.8. The van der Waals surface area contributed by atoms with Crippen molar-refractivity contribution in [1.29, 1.82) is 0 Å². The van der Waals surface area contributed by atoms with Crippen molar-refractivity contribution >= 4 is 0 Å². The summed E-state index contributed by atoms with van der Waals surface area (Å²) in [5.41, 5.74) is 5.99. The Morgan fingerprint density at radius 1 is 0.220 bits per heavy atom. The van der Waals surface area contributed by atoms with Gasteiger partial charge in [0, 0.05) is 89.1 Å². The van der Waals surface area contributed by atoms with E-state index in [1.54, 1.807) is 0 Å². The van der Waals surface area contributed by atoms with E-state index in [1.165, 1.54) is 155 Å². The summed E-state index contributed by atoms with van der Waals surface area (Å²) in [4.78, 5) is 18.7. The molecular formula is C93H191N7. The summed E-state index contributed by atoms with van der Waals surface area (Å²) < 4.78 is 0. The van der Waals surface area contributed by atoms with Gasteiger partial charge in [-0.3, -0.25) is 34.3 Å². The summed E-state index contributed by atoms with van der Waals surface area (Å²) in [6, 6.07) is 3.37. The Hall–Kier alpha value is -0.280. The van der Waals surface area contributed by atoms with Crippen LogP contribution >= 0.6 is 0 Å². The van der Waals surface area contributed by atoms with Gasteiger partial charge < -0.3 is 0 Å². The minimum atomic E-state index is 0.342. The van der Waals surface area contributed by atoms with Gasteiger partial charge in [0.05, 0.1) is 0 Å². The Labute approximate surface area is 633 Å². The van der Waals surface area contributed by atoms with Gasteiger partial charge in [-0.05, 0) is 354 Å². The van der Waals surface area contributed by atoms with E-state index in [0.717, 1.165) is 65.6 Å². The SMILES string of the molecule is CC.CC(C)(C)C1CC2CC1CN2C(C)(C)C.CC(C)(C)C1CC2CCC(C1)N2C(C)(C)C.CC(C)(C)C1CCCN(C(C)(C)C)CC1.CC(C)(C)C1CCCN1C(C)(C)C.CC(C)(C)C1CCN(C(C)(C)C)C1.CC(C)(C)C1CCN(C(C)(C)C)CC1.CC(C)(C)C1CN(C(C)(C)C)C1. The first kappa shape index (κ1) is 95.8. The largest absolute Gasteiger partial charge is 0.298 e. The molecule has 8 aliphatic heterocycles. The molecule has 8 saturated heterocycles. The fraction of sp³-hybridized carbons (Fsp3) is 1.00. The zero-order chi connectivity index (χ0) is 78.4. The summed E-state index contributed by atoms with van der Waals surface area (Å²) in [5.74, 6) is 6.47. The van der Waals surface area contributed by atoms with Gasteiger partial charge in [0.1, 0.15) is 0 Å². The number of rotatable bonds is 0. The van der Waals surface area contributed by atoms with Crippen LogP contribution in [0.2, 0.25) is 0 Å². The topological polar surface area (TPSA) is 22.7 Å². The number of piperidine rings is 3. The quantitative estimate of drug-likeness (QED) is 0.238. The zero-order valence-corrected chi connectivity index (χ0v) is 77.5. The normalized spacial score (nSPS) is 28.4. The second-order valence-corrected chi connectivity index (χ2v) is 48.6. The Balaban J connectivity index is 0.000000396. The number of hydrogen-bond donors (Lipinski definition) is 0. The Morgan fingerprint density at radius 3 is 0.850 bits per heavy atom. The van der Waals surface area contributed by atoms with E-state index in [1.807, 2.05) is 13.8 Å². The third-order valence-electron chi connectivity index (χ3n) is 26.3. The van der Waals surface area contributed by atoms with Crippen LogP contribution in [0.1, 0.15) is 395 Å². The zero-order valence-electron chi connectivity index (χ0n) is 77.5. The molecule has 7 nitrogen and oxygen atoms in total. The molecule has 7 heteroatoms. The maximum atomic E-state index is 2.81. The average molecular weight is 1410 g/mol. The van der Waals surface area contributed by atoms with Crippen LogP contribution in [0.15, 0.2) is 0 Å². The minimum absolute atomic E-state index is 0.342. The number of hydrogen-bond acceptors (Lipinski definition) is 7. The van der Waals surface area contributed by atoms with Crippen LogP contribution in [0, 0.1) is 79.3 Å². The monoisotopic (exact) mass is 1410 g/mol. The predicted molar refractivity (Wildman–Crippen MR) is 452 cm³/mol. The standard InChI is InChI=1S/C15H29N.C14H27N.C14H29N.C13H27N.2C12H25N.C11H23N.C2H6/c1-14(2,3)11-9-12-7-8-13(10-11)16(12)15(4,5)6;1-13(2,3)12-8-11-7-10(12)9-15(11)14(4,5)6;1-13(2,3)12-8-7-10-15(11-9-12)14(4,5)6;1-12(2,3)11-7-9-14(10-8-11)13(4,5)6;1-11(2,3)10-7-8-13(9-10)12(4,5)6;1-11(2,3)10-8-7-9-13(10)12(4,5)6;1-10(2,3)9-7-12(8-9)11(4,5)6;1-2/h11-13H,7-10H2,1-6H3;10-12H,7-9H2,1-6H3;12H,7-11H2,1-6H3;11H,7-10H2,1-6H3;2*10H,7-9H2,1-6H3;9H,7-8H2,1-6H3;1-2H3. The lowest BCUT2D eigenvalue weighted by atomic mass is 9.72. The highest BCUT2D eigenvalue weighted by Gasteiger charge is 2.52. The van der Waals surface area contributed by atoms with Gasteiger partial charge >= 0.3 is 0 Å². The Morgan fingerprint density at radius 2 is 0.560 bits per heavy atom. The lowest BCUT2D eigenvalue weighted by molar-refractivity contribution is -0.0345. The van der Waals surface area contributed by atoms with Crippen LogP contribution in [0.25, 0.3) is 0 Å². The van der Waals surface area contributed by atoms with E-state index in [9.17, 15) is 0 Å². The highest BCUT2D eigenvalue weighted by molar-refractivity contribution is 5.05. The molecule has 9 fully saturated rings. The van der Waals surface area contributed by atoms with Crippen molar-refractivity contribution in [1.82, 2.24) is 34.3 Å². The van der Waals surface area contributed by atoms with Gasteiger partial charge in [-0.1, -0.05) is 159 Å². The fourth-order valence-corrected chi connectivity index (χ4v) is 19.0. The van der Waals surface area contributed by atoms with Gasteiger partial charge in [0.2, 0.25) is 0 Å².